The number of hydrogen-bond donors (Lipinski definition) is 2. The third-order valence-corrected chi connectivity index (χ3v) is 11.1. The Labute approximate surface area is 245 Å². The van der Waals surface area contributed by atoms with E-state index in [2.05, 4.69) is 71.8 Å². The zero-order chi connectivity index (χ0) is 27.5. The molecule has 40 heavy (non-hydrogen) atoms. The summed E-state index contributed by atoms with van der Waals surface area (Å²) in [5.74, 6) is 7.75. The van der Waals surface area contributed by atoms with Crippen LogP contribution in [0.3, 0.4) is 0 Å². The van der Waals surface area contributed by atoms with E-state index in [0.717, 1.165) is 27.5 Å². The molecule has 0 aliphatic heterocycles. The Balaban J connectivity index is 1.22. The number of hydrogen-bond acceptors (Lipinski definition) is 4. The van der Waals surface area contributed by atoms with E-state index in [4.69, 9.17) is 10.7 Å². The van der Waals surface area contributed by atoms with Crippen LogP contribution in [0.2, 0.25) is 0 Å². The standard InChI is InChI=1S/C34H37N3OS2/c1-2-8-26-14-16-30(39-26)31-17-18-32(40-31)33(38)27-15-13-24(21-36-34(35)37-25-11-4-3-5-12-25)28-19-22-9-6-7-10-23(22)20-29(27)28/h6-7,9-10,14,16-20,24-25,27-29H,3-5,11-13,15,21H2,1H3,(H3,35,36,37)/t24-,27+,28-,29+/m1/s1. The van der Waals surface area contributed by atoms with Gasteiger partial charge in [-0.1, -0.05) is 61.6 Å². The first-order chi connectivity index (χ1) is 19.6. The van der Waals surface area contributed by atoms with Crippen LogP contribution in [0.5, 0.6) is 0 Å². The molecule has 0 radical (unpaired) electrons. The number of guanidine groups is 1. The average molecular weight is 568 g/mol. The largest absolute Gasteiger partial charge is 0.370 e. The summed E-state index contributed by atoms with van der Waals surface area (Å²) in [7, 11) is 0. The first kappa shape index (κ1) is 27.1. The van der Waals surface area contributed by atoms with Crippen LogP contribution in [0.1, 0.15) is 66.4 Å². The Hall–Kier alpha value is -3.14. The second kappa shape index (κ2) is 12.2. The van der Waals surface area contributed by atoms with Gasteiger partial charge in [-0.3, -0.25) is 9.79 Å². The molecule has 0 bridgehead atoms. The maximum Gasteiger partial charge on any atom is 0.188 e. The summed E-state index contributed by atoms with van der Waals surface area (Å²) in [5, 5.41) is 5.97. The third kappa shape index (κ3) is 5.82. The molecule has 0 saturated heterocycles. The lowest BCUT2D eigenvalue weighted by atomic mass is 9.63. The van der Waals surface area contributed by atoms with Crippen LogP contribution in [0.25, 0.3) is 21.9 Å². The minimum atomic E-state index is -0.0242. The minimum absolute atomic E-state index is 0.0242. The molecule has 4 nitrogen and oxygen atoms in total. The molecule has 2 aromatic heterocycles. The highest BCUT2D eigenvalue weighted by atomic mass is 32.1. The van der Waals surface area contributed by atoms with Crippen LogP contribution in [-0.4, -0.2) is 24.3 Å². The van der Waals surface area contributed by atoms with Crippen molar-refractivity contribution in [3.05, 3.63) is 68.7 Å². The molecule has 1 aromatic carbocycles. The topological polar surface area (TPSA) is 67.5 Å². The minimum Gasteiger partial charge on any atom is -0.370 e. The normalized spacial score (nSPS) is 24.5. The molecule has 3 aliphatic carbocycles. The quantitative estimate of drug-likeness (QED) is 0.171. The second-order valence-corrected chi connectivity index (χ2v) is 13.5. The Morgan fingerprint density at radius 1 is 0.925 bits per heavy atom. The van der Waals surface area contributed by atoms with E-state index in [0.29, 0.717) is 24.5 Å². The highest BCUT2D eigenvalue weighted by Gasteiger charge is 2.41. The van der Waals surface area contributed by atoms with Gasteiger partial charge in [0.25, 0.3) is 0 Å². The van der Waals surface area contributed by atoms with E-state index in [9.17, 15) is 4.79 Å². The smallest absolute Gasteiger partial charge is 0.188 e. The zero-order valence-electron chi connectivity index (χ0n) is 23.1. The molecule has 2 saturated carbocycles. The summed E-state index contributed by atoms with van der Waals surface area (Å²) >= 11 is 3.30. The van der Waals surface area contributed by atoms with Gasteiger partial charge in [-0.25, -0.2) is 0 Å². The first-order valence-electron chi connectivity index (χ1n) is 14.6. The number of ketones is 1. The summed E-state index contributed by atoms with van der Waals surface area (Å²) in [6.45, 7) is 2.56. The summed E-state index contributed by atoms with van der Waals surface area (Å²) in [6.07, 6.45) is 12.9. The summed E-state index contributed by atoms with van der Waals surface area (Å²) in [4.78, 5) is 23.1. The number of carbonyl (C=O) groups excluding carboxylic acids is 1. The van der Waals surface area contributed by atoms with E-state index in [1.807, 2.05) is 13.0 Å². The molecular formula is C34H37N3OS2. The number of rotatable bonds is 6. The number of nitrogens with zero attached hydrogens (tertiary/aromatic N) is 1. The summed E-state index contributed by atoms with van der Waals surface area (Å²) in [5.41, 5.74) is 6.35. The van der Waals surface area contributed by atoms with E-state index in [-0.39, 0.29) is 23.5 Å². The maximum atomic E-state index is 14.0. The van der Waals surface area contributed by atoms with Crippen LogP contribution in [0.15, 0.2) is 53.5 Å². The Morgan fingerprint density at radius 2 is 1.65 bits per heavy atom. The number of carbonyl (C=O) groups is 1. The molecule has 6 rings (SSSR count). The molecule has 0 spiro atoms. The molecule has 0 unspecified atom stereocenters. The number of aliphatic imine (C=N–C) groups is 1. The first-order valence-corrected chi connectivity index (χ1v) is 16.2. The predicted molar refractivity (Wildman–Crippen MR) is 169 cm³/mol. The van der Waals surface area contributed by atoms with E-state index >= 15 is 0 Å². The number of benzene rings is 1. The molecular weight excluding hydrogens is 531 g/mol. The van der Waals surface area contributed by atoms with Crippen LogP contribution >= 0.6 is 22.7 Å². The van der Waals surface area contributed by atoms with Gasteiger partial charge in [0, 0.05) is 28.3 Å². The van der Waals surface area contributed by atoms with Crippen molar-refractivity contribution in [3.8, 4) is 21.6 Å². The number of Topliss-reactive ketones (excluding diaryl/α,β-unsaturated/α-hetero) is 1. The van der Waals surface area contributed by atoms with Gasteiger partial charge in [0.05, 0.1) is 9.75 Å². The molecule has 0 amide bonds. The van der Waals surface area contributed by atoms with Crippen LogP contribution in [0, 0.1) is 35.5 Å². The van der Waals surface area contributed by atoms with Crippen LogP contribution in [0.4, 0.5) is 0 Å². The fourth-order valence-corrected chi connectivity index (χ4v) is 8.76. The Morgan fingerprint density at radius 3 is 2.42 bits per heavy atom. The van der Waals surface area contributed by atoms with Crippen molar-refractivity contribution in [2.45, 2.75) is 57.9 Å². The number of nitrogens with one attached hydrogen (secondary N) is 1. The Kier molecular flexibility index (Phi) is 8.22. The van der Waals surface area contributed by atoms with Gasteiger partial charge in [-0.2, -0.15) is 0 Å². The fraction of sp³-hybridized carbons (Fsp3) is 0.412. The highest BCUT2D eigenvalue weighted by Crippen LogP contribution is 2.44. The van der Waals surface area contributed by atoms with Crippen LogP contribution in [-0.2, 0) is 0 Å². The van der Waals surface area contributed by atoms with E-state index < -0.39 is 0 Å². The average Bonchev–Trinajstić information content (AvgIpc) is 3.65. The second-order valence-electron chi connectivity index (χ2n) is 11.3. The maximum absolute atomic E-state index is 14.0. The monoisotopic (exact) mass is 567 g/mol. The van der Waals surface area contributed by atoms with Crippen molar-refractivity contribution in [3.63, 3.8) is 0 Å². The van der Waals surface area contributed by atoms with Crippen molar-refractivity contribution in [1.29, 1.82) is 0 Å². The van der Waals surface area contributed by atoms with Gasteiger partial charge in [-0.05, 0) is 85.1 Å². The van der Waals surface area contributed by atoms with E-state index in [1.165, 1.54) is 47.4 Å². The van der Waals surface area contributed by atoms with Gasteiger partial charge in [-0.15, -0.1) is 28.6 Å². The molecule has 3 aliphatic rings. The lowest BCUT2D eigenvalue weighted by Gasteiger charge is -2.41. The zero-order valence-corrected chi connectivity index (χ0v) is 24.7. The molecule has 2 fully saturated rings. The number of thiophene rings is 2. The SMILES string of the molecule is CC#Cc1ccc(-c2ccc(C(=O)[C@H]3CC[C@H](CN=C(N)NC4CCCCC4)[C@H]4C=c5ccccc5=C[C@H]43)s2)s1. The van der Waals surface area contributed by atoms with Gasteiger partial charge in [0.15, 0.2) is 11.7 Å². The highest BCUT2D eigenvalue weighted by molar-refractivity contribution is 7.23. The molecule has 3 N–H and O–H groups in total. The molecule has 206 valence electrons. The van der Waals surface area contributed by atoms with Crippen molar-refractivity contribution >= 4 is 46.6 Å². The lowest BCUT2D eigenvalue weighted by Crippen LogP contribution is -2.44. The summed E-state index contributed by atoms with van der Waals surface area (Å²) in [6, 6.07) is 17.3. The van der Waals surface area contributed by atoms with Crippen molar-refractivity contribution in [2.24, 2.45) is 34.4 Å². The van der Waals surface area contributed by atoms with E-state index in [1.54, 1.807) is 22.7 Å². The lowest BCUT2D eigenvalue weighted by molar-refractivity contribution is 0.0802. The van der Waals surface area contributed by atoms with Crippen LogP contribution < -0.4 is 21.5 Å². The van der Waals surface area contributed by atoms with Gasteiger partial charge in [0.1, 0.15) is 0 Å². The number of fused-ring (bicyclic) bond motifs is 2. The van der Waals surface area contributed by atoms with Crippen molar-refractivity contribution < 1.29 is 4.79 Å². The summed E-state index contributed by atoms with van der Waals surface area (Å²) < 4.78 is 0. The molecule has 4 atom stereocenters. The predicted octanol–water partition coefficient (Wildman–Crippen LogP) is 5.80. The Bertz CT molecular complexity index is 1580. The van der Waals surface area contributed by atoms with Gasteiger partial charge < -0.3 is 11.1 Å². The molecule has 3 aromatic rings. The van der Waals surface area contributed by atoms with Crippen molar-refractivity contribution in [1.82, 2.24) is 5.32 Å². The molecule has 6 heteroatoms. The molecule has 2 heterocycles. The fourth-order valence-electron chi connectivity index (χ4n) is 6.75. The van der Waals surface area contributed by atoms with Gasteiger partial charge >= 0.3 is 0 Å². The van der Waals surface area contributed by atoms with Crippen molar-refractivity contribution in [2.75, 3.05) is 6.54 Å². The third-order valence-electron chi connectivity index (χ3n) is 8.78. The number of nitrogens with two attached hydrogens (primary N) is 1. The van der Waals surface area contributed by atoms with Gasteiger partial charge in [0.2, 0.25) is 0 Å².